The molecule has 0 saturated heterocycles. The maximum absolute atomic E-state index is 14.3. The van der Waals surface area contributed by atoms with Gasteiger partial charge in [0.05, 0.1) is 26.4 Å². The third-order valence-electron chi connectivity index (χ3n) is 5.66. The fourth-order valence-corrected chi connectivity index (χ4v) is 4.00. The first kappa shape index (κ1) is 23.8. The van der Waals surface area contributed by atoms with Crippen molar-refractivity contribution in [2.24, 2.45) is 0 Å². The van der Waals surface area contributed by atoms with E-state index in [9.17, 15) is 23.5 Å². The Morgan fingerprint density at radius 3 is 2.67 bits per heavy atom. The summed E-state index contributed by atoms with van der Waals surface area (Å²) in [7, 11) is 0. The Labute approximate surface area is 227 Å². The quantitative estimate of drug-likeness (QED) is 0.395. The fraction of sp³-hybridized carbons (Fsp3) is 0.231. The van der Waals surface area contributed by atoms with Crippen molar-refractivity contribution < 1.29 is 30.8 Å². The first-order valence-corrected chi connectivity index (χ1v) is 11.8. The molecule has 4 aromatic rings. The third-order valence-corrected chi connectivity index (χ3v) is 6.01. The SMILES string of the molecule is [2H]C([2H])(Oc1cc2n(c(=O)c1Cl)-c1cc(-n3cccc(C(C)(C)O)c3=O)ncc1OCCO2)c1ncc(F)cc1F. The van der Waals surface area contributed by atoms with Crippen LogP contribution in [-0.2, 0) is 12.2 Å². The van der Waals surface area contributed by atoms with Crippen LogP contribution in [0.2, 0.25) is 5.02 Å². The van der Waals surface area contributed by atoms with Gasteiger partial charge in [-0.25, -0.2) is 18.3 Å². The van der Waals surface area contributed by atoms with Crippen LogP contribution in [0.25, 0.3) is 11.5 Å². The highest BCUT2D eigenvalue weighted by atomic mass is 35.5. The van der Waals surface area contributed by atoms with Crippen LogP contribution in [0, 0.1) is 11.6 Å². The van der Waals surface area contributed by atoms with E-state index in [2.05, 4.69) is 9.97 Å². The Morgan fingerprint density at radius 2 is 1.92 bits per heavy atom. The number of pyridine rings is 4. The fourth-order valence-electron chi connectivity index (χ4n) is 3.82. The zero-order chi connectivity index (χ0) is 29.7. The smallest absolute Gasteiger partial charge is 0.280 e. The van der Waals surface area contributed by atoms with Gasteiger partial charge in [0.1, 0.15) is 47.9 Å². The standard InChI is InChI=1S/C26H21ClF2N4O6/c1-26(2,36)15-4-3-5-32(24(15)34)21-9-18-20(12-31-21)37-6-7-38-22-10-19(23(27)25(35)33(18)22)39-13-17-16(29)8-14(28)11-30-17/h3-5,8-12,36H,6-7,13H2,1-2H3/i13D2. The zero-order valence-electron chi connectivity index (χ0n) is 22.4. The molecular weight excluding hydrogens is 538 g/mol. The summed E-state index contributed by atoms with van der Waals surface area (Å²) in [4.78, 5) is 34.4. The van der Waals surface area contributed by atoms with E-state index in [1.807, 2.05) is 0 Å². The molecule has 0 amide bonds. The molecule has 4 aromatic heterocycles. The van der Waals surface area contributed by atoms with Gasteiger partial charge in [-0.2, -0.15) is 0 Å². The van der Waals surface area contributed by atoms with E-state index in [0.717, 1.165) is 10.6 Å². The topological polar surface area (TPSA) is 118 Å². The summed E-state index contributed by atoms with van der Waals surface area (Å²) in [6, 6.07) is 5.98. The number of ether oxygens (including phenoxy) is 3. The predicted octanol–water partition coefficient (Wildman–Crippen LogP) is 3.29. The number of nitrogens with zero attached hydrogens (tertiary/aromatic N) is 4. The van der Waals surface area contributed by atoms with Gasteiger partial charge in [-0.1, -0.05) is 11.6 Å². The summed E-state index contributed by atoms with van der Waals surface area (Å²) in [6.45, 7) is -0.0448. The molecule has 0 fully saturated rings. The van der Waals surface area contributed by atoms with Gasteiger partial charge in [0.25, 0.3) is 11.1 Å². The minimum atomic E-state index is -2.96. The lowest BCUT2D eigenvalue weighted by molar-refractivity contribution is 0.0767. The van der Waals surface area contributed by atoms with E-state index < -0.39 is 51.4 Å². The number of halogens is 3. The molecule has 1 aliphatic heterocycles. The van der Waals surface area contributed by atoms with Gasteiger partial charge >= 0.3 is 0 Å². The molecule has 202 valence electrons. The first-order valence-electron chi connectivity index (χ1n) is 12.4. The minimum absolute atomic E-state index is 0.0285. The summed E-state index contributed by atoms with van der Waals surface area (Å²) in [5, 5.41) is 9.79. The average Bonchev–Trinajstić information content (AvgIpc) is 2.87. The lowest BCUT2D eigenvalue weighted by Gasteiger charge is -2.22. The van der Waals surface area contributed by atoms with Crippen molar-refractivity contribution in [3.05, 3.63) is 97.5 Å². The van der Waals surface area contributed by atoms with Crippen LogP contribution in [0.1, 0.15) is 27.8 Å². The number of hydrogen-bond donors (Lipinski definition) is 1. The Morgan fingerprint density at radius 1 is 1.15 bits per heavy atom. The Balaban J connectivity index is 1.64. The van der Waals surface area contributed by atoms with E-state index in [1.54, 1.807) is 6.07 Å². The van der Waals surface area contributed by atoms with Crippen LogP contribution < -0.4 is 25.3 Å². The van der Waals surface area contributed by atoms with Crippen molar-refractivity contribution in [3.8, 4) is 28.9 Å². The van der Waals surface area contributed by atoms with Crippen LogP contribution in [0.4, 0.5) is 8.78 Å². The van der Waals surface area contributed by atoms with E-state index in [0.29, 0.717) is 12.3 Å². The second-order valence-corrected chi connectivity index (χ2v) is 9.23. The largest absolute Gasteiger partial charge is 0.486 e. The lowest BCUT2D eigenvalue weighted by atomic mass is 10.0. The number of fused-ring (bicyclic) bond motifs is 3. The average molecular weight is 561 g/mol. The van der Waals surface area contributed by atoms with E-state index in [4.69, 9.17) is 28.6 Å². The highest BCUT2D eigenvalue weighted by molar-refractivity contribution is 6.31. The summed E-state index contributed by atoms with van der Waals surface area (Å²) in [5.74, 6) is -2.74. The van der Waals surface area contributed by atoms with Gasteiger partial charge < -0.3 is 19.3 Å². The number of aromatic nitrogens is 4. The van der Waals surface area contributed by atoms with E-state index in [-0.39, 0.29) is 41.9 Å². The van der Waals surface area contributed by atoms with Crippen LogP contribution in [0.5, 0.6) is 17.4 Å². The molecule has 39 heavy (non-hydrogen) atoms. The Kier molecular flexibility index (Phi) is 6.17. The molecule has 0 radical (unpaired) electrons. The highest BCUT2D eigenvalue weighted by Gasteiger charge is 2.25. The maximum Gasteiger partial charge on any atom is 0.280 e. The maximum atomic E-state index is 14.3. The molecule has 1 N–H and O–H groups in total. The molecule has 10 nitrogen and oxygen atoms in total. The number of aliphatic hydroxyl groups is 1. The van der Waals surface area contributed by atoms with Gasteiger partial charge in [0.15, 0.2) is 11.6 Å². The molecule has 13 heteroatoms. The van der Waals surface area contributed by atoms with Crippen LogP contribution in [-0.4, -0.2) is 37.4 Å². The van der Waals surface area contributed by atoms with Crippen molar-refractivity contribution in [3.63, 3.8) is 0 Å². The summed E-state index contributed by atoms with van der Waals surface area (Å²) >= 11 is 6.31. The van der Waals surface area contributed by atoms with Crippen molar-refractivity contribution in [1.82, 2.24) is 19.1 Å². The third kappa shape index (κ3) is 5.08. The molecule has 0 bridgehead atoms. The van der Waals surface area contributed by atoms with Gasteiger partial charge in [-0.15, -0.1) is 0 Å². The predicted molar refractivity (Wildman–Crippen MR) is 135 cm³/mol. The molecule has 0 atom stereocenters. The zero-order valence-corrected chi connectivity index (χ0v) is 21.2. The second-order valence-electron chi connectivity index (χ2n) is 8.85. The summed E-state index contributed by atoms with van der Waals surface area (Å²) in [5.41, 5.74) is -3.59. The molecule has 1 aliphatic rings. The molecule has 0 saturated carbocycles. The molecule has 0 aliphatic carbocycles. The molecule has 0 aromatic carbocycles. The lowest BCUT2D eigenvalue weighted by Crippen LogP contribution is -2.31. The summed E-state index contributed by atoms with van der Waals surface area (Å²) < 4.78 is 62.7. The molecule has 0 unspecified atom stereocenters. The minimum Gasteiger partial charge on any atom is -0.486 e. The second kappa shape index (κ2) is 10.1. The van der Waals surface area contributed by atoms with Crippen LogP contribution >= 0.6 is 11.6 Å². The Hall–Kier alpha value is -4.29. The van der Waals surface area contributed by atoms with Crippen molar-refractivity contribution in [2.75, 3.05) is 13.2 Å². The van der Waals surface area contributed by atoms with E-state index in [1.165, 1.54) is 42.9 Å². The first-order chi connectivity index (χ1) is 19.3. The summed E-state index contributed by atoms with van der Waals surface area (Å²) in [6.07, 6.45) is 3.35. The number of hydrogen-bond acceptors (Lipinski definition) is 8. The van der Waals surface area contributed by atoms with Crippen molar-refractivity contribution >= 4 is 11.6 Å². The molecule has 5 rings (SSSR count). The van der Waals surface area contributed by atoms with Crippen LogP contribution in [0.3, 0.4) is 0 Å². The van der Waals surface area contributed by atoms with Crippen molar-refractivity contribution in [2.45, 2.75) is 26.0 Å². The normalized spacial score (nSPS) is 14.0. The van der Waals surface area contributed by atoms with Gasteiger partial charge in [-0.05, 0) is 26.0 Å². The number of rotatable bonds is 5. The van der Waals surface area contributed by atoms with E-state index >= 15 is 0 Å². The monoisotopic (exact) mass is 560 g/mol. The van der Waals surface area contributed by atoms with Gasteiger partial charge in [-0.3, -0.25) is 19.1 Å². The Bertz CT molecular complexity index is 1790. The molecular formula is C26H21ClF2N4O6. The van der Waals surface area contributed by atoms with Gasteiger partial charge in [0, 0.05) is 30.0 Å². The molecule has 0 spiro atoms. The molecule has 5 heterocycles. The van der Waals surface area contributed by atoms with Crippen molar-refractivity contribution in [1.29, 1.82) is 0 Å². The van der Waals surface area contributed by atoms with Crippen LogP contribution in [0.15, 0.2) is 58.5 Å². The van der Waals surface area contributed by atoms with Gasteiger partial charge in [0.2, 0.25) is 5.88 Å². The highest BCUT2D eigenvalue weighted by Crippen LogP contribution is 2.33.